The Morgan fingerprint density at radius 3 is 1.35 bits per heavy atom. The number of sulfonamides is 1. The number of carbonyl (C=O) groups excluding carboxylic acids is 5. The number of sulfone groups is 1. The molecule has 0 amide bonds. The number of aryl methyl sites for hydroxylation is 3. The minimum atomic E-state index is -3.74. The summed E-state index contributed by atoms with van der Waals surface area (Å²) in [5.74, 6) is 2.33. The summed E-state index contributed by atoms with van der Waals surface area (Å²) in [5, 5.41) is 0. The number of pyridine rings is 1. The normalized spacial score (nSPS) is 11.8. The summed E-state index contributed by atoms with van der Waals surface area (Å²) in [6.07, 6.45) is 9.66. The van der Waals surface area contributed by atoms with Crippen molar-refractivity contribution in [2.75, 3.05) is 83.2 Å². The molecule has 1 fully saturated rings. The number of Topliss-reactive ketones (excluding diaryl/α,β-unsaturated/α-hetero) is 1. The Balaban J connectivity index is 0.00000127. The largest absolute Gasteiger partial charge is 0.496 e. The molecule has 1 aliphatic rings. The van der Waals surface area contributed by atoms with Gasteiger partial charge in [-0.1, -0.05) is 45.2 Å². The Kier molecular flexibility index (Phi) is 35.9. The maximum absolute atomic E-state index is 13.3. The van der Waals surface area contributed by atoms with Gasteiger partial charge in [0.2, 0.25) is 10.0 Å². The van der Waals surface area contributed by atoms with E-state index in [0.717, 1.165) is 96.8 Å². The van der Waals surface area contributed by atoms with Crippen molar-refractivity contribution in [2.45, 2.75) is 136 Å². The Labute approximate surface area is 515 Å². The molecule has 24 heteroatoms. The number of anilines is 2. The molecule has 1 aliphatic heterocycles. The fourth-order valence-corrected chi connectivity index (χ4v) is 14.6. The van der Waals surface area contributed by atoms with Gasteiger partial charge in [0.05, 0.1) is 41.8 Å². The van der Waals surface area contributed by atoms with Crippen LogP contribution in [0.15, 0.2) is 81.7 Å². The molecule has 0 saturated carbocycles. The molecule has 0 spiro atoms. The van der Waals surface area contributed by atoms with Gasteiger partial charge < -0.3 is 29.7 Å². The number of nitrogens with zero attached hydrogens (tertiary/aromatic N) is 4. The number of halogens is 2. The van der Waals surface area contributed by atoms with Gasteiger partial charge >= 0.3 is 12.3 Å². The summed E-state index contributed by atoms with van der Waals surface area (Å²) in [4.78, 5) is 55.0. The molecule has 0 atom stereocenters. The summed E-state index contributed by atoms with van der Waals surface area (Å²) in [7, 11) is 1.00. The molecule has 19 nitrogen and oxygen atoms in total. The van der Waals surface area contributed by atoms with E-state index in [9.17, 15) is 30.0 Å². The molecule has 4 aromatic carbocycles. The van der Waals surface area contributed by atoms with E-state index in [4.69, 9.17) is 49.8 Å². The molecule has 0 bridgehead atoms. The van der Waals surface area contributed by atoms with Gasteiger partial charge in [0.25, 0.3) is 9.05 Å². The van der Waals surface area contributed by atoms with Crippen LogP contribution in [0.4, 0.5) is 11.4 Å². The summed E-state index contributed by atoms with van der Waals surface area (Å²) in [6.45, 7) is 25.1. The Morgan fingerprint density at radius 1 is 0.600 bits per heavy atom. The van der Waals surface area contributed by atoms with Crippen LogP contribution in [0.2, 0.25) is 0 Å². The number of hydrogen-bond acceptors (Lipinski definition) is 18. The van der Waals surface area contributed by atoms with E-state index in [1.165, 1.54) is 29.9 Å². The van der Waals surface area contributed by atoms with Crippen LogP contribution in [0.25, 0.3) is 0 Å². The predicted octanol–water partition coefficient (Wildman–Crippen LogP) is 10.3. The first-order valence-corrected chi connectivity index (χ1v) is 32.7. The number of piperazine rings is 1. The molecule has 2 N–H and O–H groups in total. The molecule has 2 heterocycles. The lowest BCUT2D eigenvalue weighted by Crippen LogP contribution is -2.46. The van der Waals surface area contributed by atoms with Crippen molar-refractivity contribution < 1.29 is 63.4 Å². The van der Waals surface area contributed by atoms with Crippen LogP contribution in [-0.2, 0) is 59.3 Å². The van der Waals surface area contributed by atoms with Gasteiger partial charge in [-0.3, -0.25) is 9.78 Å². The molecule has 0 radical (unpaired) electrons. The first kappa shape index (κ1) is 78.8. The van der Waals surface area contributed by atoms with Crippen molar-refractivity contribution in [3.63, 3.8) is 0 Å². The SMILES string of the molecule is CCCCCS(=O)(=O)c1c(C)cc(OC)c(C)c1C.CCCCN.COc1cc(C)c(S(=O)(=O)Cl)c(C)c1C.COc1cc(C)c(S(=O)(=O)N(C)CCC(=O)Cc2ccc(N3CCN(c4ccncc4)CC3)cc2)c(C)c1C.Cl.O=C=O.O=C=O. The second-order valence-corrected chi connectivity index (χ2v) is 26.4. The molecule has 0 unspecified atom stereocenters. The average Bonchev–Trinajstić information content (AvgIpc) is 3.65. The fraction of sp³-hybridized carbons (Fsp3) is 0.475. The van der Waals surface area contributed by atoms with E-state index < -0.39 is 28.9 Å². The van der Waals surface area contributed by atoms with Gasteiger partial charge in [0.15, 0.2) is 9.84 Å². The Bertz CT molecular complexity index is 3320. The van der Waals surface area contributed by atoms with Crippen LogP contribution in [-0.4, -0.2) is 126 Å². The maximum Gasteiger partial charge on any atom is 0.373 e. The van der Waals surface area contributed by atoms with Crippen molar-refractivity contribution in [3.8, 4) is 17.2 Å². The van der Waals surface area contributed by atoms with Crippen LogP contribution in [0.1, 0.15) is 108 Å². The number of ether oxygens (including phenoxy) is 3. The van der Waals surface area contributed by atoms with E-state index >= 15 is 0 Å². The molecular weight excluding hydrogens is 1190 g/mol. The number of rotatable bonds is 20. The summed E-state index contributed by atoms with van der Waals surface area (Å²) in [6, 6.07) is 17.4. The van der Waals surface area contributed by atoms with Gasteiger partial charge in [-0.05, 0) is 180 Å². The predicted molar refractivity (Wildman–Crippen MR) is 336 cm³/mol. The summed E-state index contributed by atoms with van der Waals surface area (Å²) in [5.41, 5.74) is 15.0. The van der Waals surface area contributed by atoms with Crippen LogP contribution in [0, 0.1) is 62.3 Å². The molecule has 1 aromatic heterocycles. The highest BCUT2D eigenvalue weighted by Gasteiger charge is 2.28. The quantitative estimate of drug-likeness (QED) is 0.0561. The molecule has 6 rings (SSSR count). The van der Waals surface area contributed by atoms with E-state index in [1.54, 1.807) is 68.1 Å². The second-order valence-electron chi connectivity index (χ2n) is 19.8. The van der Waals surface area contributed by atoms with E-state index in [-0.39, 0.29) is 65.4 Å². The molecule has 0 aliphatic carbocycles. The Morgan fingerprint density at radius 2 is 0.976 bits per heavy atom. The topological polar surface area (TPSA) is 264 Å². The highest BCUT2D eigenvalue weighted by atomic mass is 35.7. The fourth-order valence-electron chi connectivity index (χ4n) is 9.28. The zero-order chi connectivity index (χ0) is 64.1. The zero-order valence-corrected chi connectivity index (χ0v) is 55.9. The minimum absolute atomic E-state index is 0. The van der Waals surface area contributed by atoms with Gasteiger partial charge in [0.1, 0.15) is 23.0 Å². The highest BCUT2D eigenvalue weighted by Crippen LogP contribution is 2.35. The Hall–Kier alpha value is -6.19. The van der Waals surface area contributed by atoms with Crippen molar-refractivity contribution in [1.82, 2.24) is 9.29 Å². The van der Waals surface area contributed by atoms with E-state index in [0.29, 0.717) is 38.6 Å². The van der Waals surface area contributed by atoms with Gasteiger partial charge in [-0.15, -0.1) is 12.4 Å². The third-order valence-corrected chi connectivity index (χ3v) is 19.9. The van der Waals surface area contributed by atoms with Crippen molar-refractivity contribution >= 4 is 81.5 Å². The third-order valence-electron chi connectivity index (χ3n) is 14.1. The second kappa shape index (κ2) is 38.8. The lowest BCUT2D eigenvalue weighted by atomic mass is 10.1. The van der Waals surface area contributed by atoms with Gasteiger partial charge in [0, 0.05) is 87.1 Å². The molecule has 472 valence electrons. The number of methoxy groups -OCH3 is 3. The average molecular weight is 1280 g/mol. The monoisotopic (exact) mass is 1280 g/mol. The number of aromatic nitrogens is 1. The summed E-state index contributed by atoms with van der Waals surface area (Å²) < 4.78 is 91.4. The first-order valence-electron chi connectivity index (χ1n) is 27.3. The standard InChI is InChI=1S/C30H38N4O4S.C15H24O3S.C10H13ClO3S.C4H11N.2CO2.ClH/c1-22-20-29(38-5)23(2)24(3)30(22)39(36,37)32(4)15-12-28(35)21-25-6-8-26(9-7-25)33-16-18-34(19-17-33)27-10-13-31-14-11-27;1-6-7-8-9-19(16,17)15-11(2)10-14(18-5)12(3)13(15)4;1-6-5-9(14-4)7(2)8(3)10(6)15(11,12)13;1-2-3-4-5;2*2-1-3;/h6-11,13-14,20H,12,15-19,21H2,1-5H3;10H,6-9H2,1-5H3;5H,1-4H3;2-5H2,1H3;;;1H. The maximum atomic E-state index is 13.3. The van der Waals surface area contributed by atoms with Crippen molar-refractivity contribution in [3.05, 3.63) is 123 Å². The highest BCUT2D eigenvalue weighted by molar-refractivity contribution is 8.13. The van der Waals surface area contributed by atoms with Crippen LogP contribution >= 0.6 is 23.1 Å². The molecule has 85 heavy (non-hydrogen) atoms. The van der Waals surface area contributed by atoms with Crippen LogP contribution < -0.4 is 29.7 Å². The van der Waals surface area contributed by atoms with Gasteiger partial charge in [-0.2, -0.15) is 19.2 Å². The third kappa shape index (κ3) is 23.9. The zero-order valence-electron chi connectivity index (χ0n) is 51.8. The van der Waals surface area contributed by atoms with Crippen LogP contribution in [0.5, 0.6) is 17.2 Å². The number of benzene rings is 4. The number of carbonyl (C=O) groups is 1. The van der Waals surface area contributed by atoms with Crippen molar-refractivity contribution in [1.29, 1.82) is 0 Å². The lowest BCUT2D eigenvalue weighted by Gasteiger charge is -2.37. The lowest BCUT2D eigenvalue weighted by molar-refractivity contribution is -0.193. The number of hydrogen-bond donors (Lipinski definition) is 1. The molecule has 5 aromatic rings. The van der Waals surface area contributed by atoms with Crippen molar-refractivity contribution in [2.24, 2.45) is 5.73 Å². The minimum Gasteiger partial charge on any atom is -0.496 e. The van der Waals surface area contributed by atoms with Gasteiger partial charge in [-0.25, -0.2) is 29.6 Å². The van der Waals surface area contributed by atoms with E-state index in [2.05, 4.69) is 40.8 Å². The smallest absolute Gasteiger partial charge is 0.373 e. The molecular formula is C61H87Cl2N5O14S3. The van der Waals surface area contributed by atoms with Crippen LogP contribution in [0.3, 0.4) is 0 Å². The van der Waals surface area contributed by atoms with E-state index in [1.807, 2.05) is 70.4 Å². The molecule has 1 saturated heterocycles. The number of ketones is 1. The number of nitrogens with two attached hydrogens (primary N) is 1. The first-order chi connectivity index (χ1) is 39.5. The number of unbranched alkanes of at least 4 members (excludes halogenated alkanes) is 3. The summed E-state index contributed by atoms with van der Waals surface area (Å²) >= 11 is 0.